The number of halogens is 1. The van der Waals surface area contributed by atoms with Crippen LogP contribution in [0.5, 0.6) is 0 Å². The molecule has 0 unspecified atom stereocenters. The van der Waals surface area contributed by atoms with Crippen molar-refractivity contribution < 1.29 is 0 Å². The molecular weight excluding hydrogens is 178 g/mol. The second kappa shape index (κ2) is 2.72. The van der Waals surface area contributed by atoms with E-state index >= 15 is 0 Å². The molecule has 0 N–H and O–H groups in total. The lowest BCUT2D eigenvalue weighted by Gasteiger charge is -1.95. The Bertz CT molecular complexity index is 311. The highest BCUT2D eigenvalue weighted by Crippen LogP contribution is 2.24. The van der Waals surface area contributed by atoms with Crippen molar-refractivity contribution >= 4 is 28.6 Å². The molecule has 0 atom stereocenters. The van der Waals surface area contributed by atoms with E-state index in [1.165, 1.54) is 0 Å². The summed E-state index contributed by atoms with van der Waals surface area (Å²) in [6, 6.07) is 4.03. The van der Waals surface area contributed by atoms with Crippen LogP contribution in [0.25, 0.3) is 5.70 Å². The zero-order chi connectivity index (χ0) is 7.68. The molecule has 0 saturated heterocycles. The van der Waals surface area contributed by atoms with E-state index in [1.807, 2.05) is 23.6 Å². The summed E-state index contributed by atoms with van der Waals surface area (Å²) < 4.78 is 0. The Morgan fingerprint density at radius 1 is 1.36 bits per heavy atom. The highest BCUT2D eigenvalue weighted by molar-refractivity contribution is 7.11. The van der Waals surface area contributed by atoms with E-state index in [4.69, 9.17) is 11.6 Å². The average Bonchev–Trinajstić information content (AvgIpc) is 2.55. The summed E-state index contributed by atoms with van der Waals surface area (Å²) in [6.07, 6.45) is 3.73. The second-order valence-corrected chi connectivity index (χ2v) is 3.47. The summed E-state index contributed by atoms with van der Waals surface area (Å²) in [5.74, 6) is 0. The molecule has 0 fully saturated rings. The van der Waals surface area contributed by atoms with Crippen LogP contribution in [-0.4, -0.2) is 0 Å². The standard InChI is InChI=1S/C8H5ClNS/c9-8-4-3-6(10-8)7-2-1-5-11-7/h1-5H. The van der Waals surface area contributed by atoms with Crippen molar-refractivity contribution in [3.8, 4) is 0 Å². The van der Waals surface area contributed by atoms with Gasteiger partial charge in [-0.2, -0.15) is 0 Å². The summed E-state index contributed by atoms with van der Waals surface area (Å²) in [7, 11) is 0. The monoisotopic (exact) mass is 182 g/mol. The van der Waals surface area contributed by atoms with Crippen molar-refractivity contribution in [1.29, 1.82) is 0 Å². The molecule has 1 aliphatic rings. The number of thiophene rings is 1. The molecule has 0 bridgehead atoms. The molecular formula is C8H5ClNS. The second-order valence-electron chi connectivity index (χ2n) is 2.13. The average molecular weight is 183 g/mol. The highest BCUT2D eigenvalue weighted by Gasteiger charge is 2.09. The van der Waals surface area contributed by atoms with E-state index in [0.29, 0.717) is 5.16 Å². The molecule has 1 aromatic heterocycles. The highest BCUT2D eigenvalue weighted by atomic mass is 35.5. The van der Waals surface area contributed by atoms with Gasteiger partial charge >= 0.3 is 0 Å². The minimum Gasteiger partial charge on any atom is -0.235 e. The maximum absolute atomic E-state index is 5.67. The van der Waals surface area contributed by atoms with Crippen molar-refractivity contribution in [1.82, 2.24) is 5.32 Å². The fourth-order valence-corrected chi connectivity index (χ4v) is 1.75. The fourth-order valence-electron chi connectivity index (χ4n) is 0.899. The quantitative estimate of drug-likeness (QED) is 0.593. The predicted molar refractivity (Wildman–Crippen MR) is 48.4 cm³/mol. The van der Waals surface area contributed by atoms with Crippen molar-refractivity contribution in [2.24, 2.45) is 0 Å². The van der Waals surface area contributed by atoms with E-state index in [-0.39, 0.29) is 0 Å². The van der Waals surface area contributed by atoms with Gasteiger partial charge in [-0.15, -0.1) is 11.3 Å². The first kappa shape index (κ1) is 6.95. The Balaban J connectivity index is 2.23. The van der Waals surface area contributed by atoms with E-state index < -0.39 is 0 Å². The van der Waals surface area contributed by atoms with Gasteiger partial charge in [-0.25, -0.2) is 5.32 Å². The Hall–Kier alpha value is -0.730. The van der Waals surface area contributed by atoms with Gasteiger partial charge in [0.15, 0.2) is 0 Å². The number of rotatable bonds is 1. The van der Waals surface area contributed by atoms with Gasteiger partial charge < -0.3 is 0 Å². The zero-order valence-electron chi connectivity index (χ0n) is 5.62. The smallest absolute Gasteiger partial charge is 0.129 e. The molecule has 0 saturated carbocycles. The first-order chi connectivity index (χ1) is 5.36. The molecule has 11 heavy (non-hydrogen) atoms. The number of hydrogen-bond donors (Lipinski definition) is 0. The minimum atomic E-state index is 0.563. The number of nitrogens with zero attached hydrogens (tertiary/aromatic N) is 1. The van der Waals surface area contributed by atoms with Crippen molar-refractivity contribution in [2.75, 3.05) is 0 Å². The molecule has 0 amide bonds. The predicted octanol–water partition coefficient (Wildman–Crippen LogP) is 2.79. The van der Waals surface area contributed by atoms with Gasteiger partial charge in [0.2, 0.25) is 0 Å². The molecule has 0 spiro atoms. The van der Waals surface area contributed by atoms with Crippen LogP contribution in [0.15, 0.2) is 34.8 Å². The molecule has 2 heterocycles. The van der Waals surface area contributed by atoms with Gasteiger partial charge in [-0.3, -0.25) is 0 Å². The summed E-state index contributed by atoms with van der Waals surface area (Å²) in [5.41, 5.74) is 0.963. The zero-order valence-corrected chi connectivity index (χ0v) is 7.19. The molecule has 2 rings (SSSR count). The molecule has 0 aliphatic carbocycles. The van der Waals surface area contributed by atoms with Crippen molar-refractivity contribution in [3.63, 3.8) is 0 Å². The maximum Gasteiger partial charge on any atom is 0.129 e. The molecule has 3 heteroatoms. The lowest BCUT2D eigenvalue weighted by Crippen LogP contribution is -1.91. The molecule has 1 aliphatic heterocycles. The van der Waals surface area contributed by atoms with Gasteiger partial charge in [0.05, 0.1) is 10.6 Å². The van der Waals surface area contributed by atoms with Gasteiger partial charge in [0.25, 0.3) is 0 Å². The van der Waals surface area contributed by atoms with Crippen LogP contribution in [0.1, 0.15) is 4.88 Å². The van der Waals surface area contributed by atoms with Crippen LogP contribution in [0, 0.1) is 0 Å². The van der Waals surface area contributed by atoms with Gasteiger partial charge in [-0.05, 0) is 23.6 Å². The lowest BCUT2D eigenvalue weighted by molar-refractivity contribution is 1.20. The van der Waals surface area contributed by atoms with Crippen molar-refractivity contribution in [2.45, 2.75) is 0 Å². The summed E-state index contributed by atoms with van der Waals surface area (Å²) >= 11 is 7.34. The first-order valence-corrected chi connectivity index (χ1v) is 4.45. The Labute approximate surface area is 74.0 Å². The van der Waals surface area contributed by atoms with Crippen molar-refractivity contribution in [3.05, 3.63) is 39.7 Å². The van der Waals surface area contributed by atoms with E-state index in [2.05, 4.69) is 5.32 Å². The first-order valence-electron chi connectivity index (χ1n) is 3.19. The topological polar surface area (TPSA) is 14.1 Å². The lowest BCUT2D eigenvalue weighted by atomic mass is 10.3. The van der Waals surface area contributed by atoms with Crippen LogP contribution in [-0.2, 0) is 0 Å². The van der Waals surface area contributed by atoms with Crippen LogP contribution in [0.2, 0.25) is 0 Å². The molecule has 55 valence electrons. The van der Waals surface area contributed by atoms with E-state index in [1.54, 1.807) is 17.4 Å². The summed E-state index contributed by atoms with van der Waals surface area (Å²) in [4.78, 5) is 1.16. The molecule has 1 aromatic rings. The Kier molecular flexibility index (Phi) is 1.72. The maximum atomic E-state index is 5.67. The Morgan fingerprint density at radius 3 is 2.82 bits per heavy atom. The number of hydrogen-bond acceptors (Lipinski definition) is 1. The third-order valence-corrected chi connectivity index (χ3v) is 2.48. The van der Waals surface area contributed by atoms with E-state index in [9.17, 15) is 0 Å². The fraction of sp³-hybridized carbons (Fsp3) is 0. The Morgan fingerprint density at radius 2 is 2.27 bits per heavy atom. The van der Waals surface area contributed by atoms with Crippen LogP contribution >= 0.6 is 22.9 Å². The van der Waals surface area contributed by atoms with Crippen LogP contribution in [0.3, 0.4) is 0 Å². The van der Waals surface area contributed by atoms with E-state index in [0.717, 1.165) is 10.6 Å². The SMILES string of the molecule is ClC1=CC=C(c2cccs2)[N]1. The third kappa shape index (κ3) is 1.32. The normalized spacial score (nSPS) is 15.7. The van der Waals surface area contributed by atoms with Gasteiger partial charge in [-0.1, -0.05) is 17.7 Å². The third-order valence-electron chi connectivity index (χ3n) is 1.38. The summed E-state index contributed by atoms with van der Waals surface area (Å²) in [6.45, 7) is 0. The van der Waals surface area contributed by atoms with Crippen LogP contribution in [0.4, 0.5) is 0 Å². The summed E-state index contributed by atoms with van der Waals surface area (Å²) in [5, 5.41) is 6.72. The van der Waals surface area contributed by atoms with Gasteiger partial charge in [0.1, 0.15) is 5.16 Å². The molecule has 0 aromatic carbocycles. The van der Waals surface area contributed by atoms with Gasteiger partial charge in [0, 0.05) is 0 Å². The molecule has 1 radical (unpaired) electrons. The largest absolute Gasteiger partial charge is 0.235 e. The van der Waals surface area contributed by atoms with Crippen LogP contribution < -0.4 is 5.32 Å². The molecule has 1 nitrogen and oxygen atoms in total. The minimum absolute atomic E-state index is 0.563. The number of allylic oxidation sites excluding steroid dienone is 2.